The molecule has 2 heterocycles. The fourth-order valence-corrected chi connectivity index (χ4v) is 1.75. The Hall–Kier alpha value is -0.770. The van der Waals surface area contributed by atoms with Crippen molar-refractivity contribution in [3.8, 4) is 0 Å². The first-order valence-electron chi connectivity index (χ1n) is 5.00. The Morgan fingerprint density at radius 2 is 2.54 bits per heavy atom. The molecule has 0 radical (unpaired) electrons. The smallest absolute Gasteiger partial charge is 0.194 e. The zero-order valence-electron chi connectivity index (χ0n) is 8.12. The van der Waals surface area contributed by atoms with Gasteiger partial charge in [0.05, 0.1) is 19.3 Å². The van der Waals surface area contributed by atoms with Crippen LogP contribution in [-0.2, 0) is 4.74 Å². The predicted molar refractivity (Wildman–Crippen MR) is 51.9 cm³/mol. The summed E-state index contributed by atoms with van der Waals surface area (Å²) < 4.78 is 5.38. The van der Waals surface area contributed by atoms with Crippen molar-refractivity contribution in [3.05, 3.63) is 0 Å². The number of aliphatic imine (C=N–C) groups is 1. The molecule has 0 aromatic rings. The largest absolute Gasteiger partial charge is 0.377 e. The minimum absolute atomic E-state index is 0.457. The van der Waals surface area contributed by atoms with Gasteiger partial charge in [0.15, 0.2) is 5.96 Å². The third-order valence-corrected chi connectivity index (χ3v) is 2.52. The van der Waals surface area contributed by atoms with Crippen molar-refractivity contribution in [2.24, 2.45) is 4.99 Å². The van der Waals surface area contributed by atoms with E-state index < -0.39 is 0 Å². The molecule has 4 nitrogen and oxygen atoms in total. The van der Waals surface area contributed by atoms with Crippen LogP contribution in [0.5, 0.6) is 0 Å². The molecule has 1 unspecified atom stereocenters. The molecule has 74 valence electrons. The van der Waals surface area contributed by atoms with Crippen LogP contribution in [-0.4, -0.2) is 49.7 Å². The summed E-state index contributed by atoms with van der Waals surface area (Å²) in [6.07, 6.45) is 1.15. The van der Waals surface area contributed by atoms with Gasteiger partial charge in [-0.3, -0.25) is 4.99 Å². The lowest BCUT2D eigenvalue weighted by molar-refractivity contribution is 0.0312. The minimum Gasteiger partial charge on any atom is -0.377 e. The molecule has 2 rings (SSSR count). The summed E-state index contributed by atoms with van der Waals surface area (Å²) in [5.74, 6) is 1.07. The van der Waals surface area contributed by atoms with Crippen molar-refractivity contribution in [1.82, 2.24) is 10.2 Å². The standard InChI is InChI=1S/C9H17N3O/c1-8-7-13-6-5-12(8)9-10-3-2-4-11-9/h8H,2-7H2,1H3,(H,10,11). The molecule has 0 amide bonds. The molecule has 1 N–H and O–H groups in total. The van der Waals surface area contributed by atoms with E-state index in [2.05, 4.69) is 22.1 Å². The van der Waals surface area contributed by atoms with Gasteiger partial charge in [-0.25, -0.2) is 0 Å². The van der Waals surface area contributed by atoms with Crippen molar-refractivity contribution in [2.45, 2.75) is 19.4 Å². The molecule has 2 aliphatic heterocycles. The molecule has 1 fully saturated rings. The van der Waals surface area contributed by atoms with Gasteiger partial charge in [-0.15, -0.1) is 0 Å². The Bertz CT molecular complexity index is 205. The van der Waals surface area contributed by atoms with Crippen LogP contribution in [0.2, 0.25) is 0 Å². The molecule has 2 aliphatic rings. The van der Waals surface area contributed by atoms with Crippen molar-refractivity contribution < 1.29 is 4.74 Å². The quantitative estimate of drug-likeness (QED) is 0.577. The predicted octanol–water partition coefficient (Wildman–Crippen LogP) is 0.0564. The fraction of sp³-hybridized carbons (Fsp3) is 0.889. The highest BCUT2D eigenvalue weighted by molar-refractivity contribution is 5.80. The van der Waals surface area contributed by atoms with Gasteiger partial charge in [0, 0.05) is 19.6 Å². The third kappa shape index (κ3) is 1.94. The number of guanidine groups is 1. The second kappa shape index (κ2) is 3.96. The molecular weight excluding hydrogens is 166 g/mol. The van der Waals surface area contributed by atoms with Gasteiger partial charge in [-0.2, -0.15) is 0 Å². The molecule has 13 heavy (non-hydrogen) atoms. The molecule has 0 saturated carbocycles. The Labute approximate surface area is 79.0 Å². The summed E-state index contributed by atoms with van der Waals surface area (Å²) in [6, 6.07) is 0.457. The number of hydrogen-bond acceptors (Lipinski definition) is 4. The lowest BCUT2D eigenvalue weighted by Crippen LogP contribution is -2.53. The number of hydrogen-bond donors (Lipinski definition) is 1. The van der Waals surface area contributed by atoms with Crippen LogP contribution in [0.3, 0.4) is 0 Å². The summed E-state index contributed by atoms with van der Waals surface area (Å²) >= 11 is 0. The number of rotatable bonds is 0. The van der Waals surface area contributed by atoms with E-state index in [-0.39, 0.29) is 0 Å². The van der Waals surface area contributed by atoms with E-state index >= 15 is 0 Å². The summed E-state index contributed by atoms with van der Waals surface area (Å²) in [5, 5.41) is 3.34. The third-order valence-electron chi connectivity index (χ3n) is 2.52. The summed E-state index contributed by atoms with van der Waals surface area (Å²) in [6.45, 7) is 6.81. The Kier molecular flexibility index (Phi) is 2.68. The summed E-state index contributed by atoms with van der Waals surface area (Å²) in [7, 11) is 0. The molecule has 1 atom stereocenters. The van der Waals surface area contributed by atoms with Crippen molar-refractivity contribution in [1.29, 1.82) is 0 Å². The van der Waals surface area contributed by atoms with E-state index in [1.807, 2.05) is 0 Å². The maximum atomic E-state index is 5.38. The molecule has 0 spiro atoms. The Balaban J connectivity index is 2.00. The first kappa shape index (κ1) is 8.81. The topological polar surface area (TPSA) is 36.9 Å². The molecule has 0 aromatic carbocycles. The van der Waals surface area contributed by atoms with Gasteiger partial charge < -0.3 is 15.0 Å². The molecule has 4 heteroatoms. The van der Waals surface area contributed by atoms with Crippen LogP contribution in [0, 0.1) is 0 Å². The number of nitrogens with one attached hydrogen (secondary N) is 1. The SMILES string of the molecule is CC1COCCN1C1=NCCCN1. The van der Waals surface area contributed by atoms with Crippen molar-refractivity contribution in [3.63, 3.8) is 0 Å². The van der Waals surface area contributed by atoms with Gasteiger partial charge in [0.25, 0.3) is 0 Å². The van der Waals surface area contributed by atoms with Crippen LogP contribution in [0.1, 0.15) is 13.3 Å². The molecule has 1 saturated heterocycles. The minimum atomic E-state index is 0.457. The van der Waals surface area contributed by atoms with Crippen molar-refractivity contribution >= 4 is 5.96 Å². The number of ether oxygens (including phenoxy) is 1. The van der Waals surface area contributed by atoms with Crippen LogP contribution in [0.25, 0.3) is 0 Å². The molecular formula is C9H17N3O. The average Bonchev–Trinajstić information content (AvgIpc) is 2.20. The highest BCUT2D eigenvalue weighted by atomic mass is 16.5. The molecule has 0 aromatic heterocycles. The number of morpholine rings is 1. The monoisotopic (exact) mass is 183 g/mol. The summed E-state index contributed by atoms with van der Waals surface area (Å²) in [5.41, 5.74) is 0. The first-order valence-corrected chi connectivity index (χ1v) is 5.00. The van der Waals surface area contributed by atoms with Crippen LogP contribution in [0.4, 0.5) is 0 Å². The van der Waals surface area contributed by atoms with Gasteiger partial charge in [0.2, 0.25) is 0 Å². The van der Waals surface area contributed by atoms with Gasteiger partial charge in [-0.05, 0) is 13.3 Å². The van der Waals surface area contributed by atoms with E-state index in [0.29, 0.717) is 6.04 Å². The average molecular weight is 183 g/mol. The second-order valence-corrected chi connectivity index (χ2v) is 3.60. The van der Waals surface area contributed by atoms with Gasteiger partial charge in [0.1, 0.15) is 0 Å². The van der Waals surface area contributed by atoms with E-state index in [1.165, 1.54) is 0 Å². The first-order chi connectivity index (χ1) is 6.38. The highest BCUT2D eigenvalue weighted by Gasteiger charge is 2.22. The Morgan fingerprint density at radius 1 is 1.62 bits per heavy atom. The summed E-state index contributed by atoms with van der Waals surface area (Å²) in [4.78, 5) is 6.79. The lowest BCUT2D eigenvalue weighted by atomic mass is 10.2. The number of nitrogens with zero attached hydrogens (tertiary/aromatic N) is 2. The fourth-order valence-electron chi connectivity index (χ4n) is 1.75. The van der Waals surface area contributed by atoms with Gasteiger partial charge >= 0.3 is 0 Å². The van der Waals surface area contributed by atoms with Crippen LogP contribution < -0.4 is 5.32 Å². The normalized spacial score (nSPS) is 29.5. The van der Waals surface area contributed by atoms with Gasteiger partial charge in [-0.1, -0.05) is 0 Å². The molecule has 0 bridgehead atoms. The van der Waals surface area contributed by atoms with E-state index in [9.17, 15) is 0 Å². The van der Waals surface area contributed by atoms with E-state index in [0.717, 1.165) is 45.2 Å². The zero-order valence-corrected chi connectivity index (χ0v) is 8.12. The highest BCUT2D eigenvalue weighted by Crippen LogP contribution is 2.07. The van der Waals surface area contributed by atoms with E-state index in [4.69, 9.17) is 4.74 Å². The zero-order chi connectivity index (χ0) is 9.10. The second-order valence-electron chi connectivity index (χ2n) is 3.60. The van der Waals surface area contributed by atoms with Crippen LogP contribution >= 0.6 is 0 Å². The maximum Gasteiger partial charge on any atom is 0.194 e. The van der Waals surface area contributed by atoms with Crippen LogP contribution in [0.15, 0.2) is 4.99 Å². The Morgan fingerprint density at radius 3 is 3.23 bits per heavy atom. The molecule has 0 aliphatic carbocycles. The van der Waals surface area contributed by atoms with E-state index in [1.54, 1.807) is 0 Å². The van der Waals surface area contributed by atoms with Crippen molar-refractivity contribution in [2.75, 3.05) is 32.8 Å². The lowest BCUT2D eigenvalue weighted by Gasteiger charge is -2.36. The maximum absolute atomic E-state index is 5.38.